The van der Waals surface area contributed by atoms with Crippen LogP contribution in [0.2, 0.25) is 0 Å². The van der Waals surface area contributed by atoms with Gasteiger partial charge in [-0.05, 0) is 49.1 Å². The number of carbonyl (C=O) groups excluding carboxylic acids is 2. The number of aryl methyl sites for hydroxylation is 1. The first-order valence-electron chi connectivity index (χ1n) is 8.76. The van der Waals surface area contributed by atoms with Crippen LogP contribution in [0.15, 0.2) is 59.5 Å². The Bertz CT molecular complexity index is 868. The predicted molar refractivity (Wildman–Crippen MR) is 112 cm³/mol. The maximum atomic E-state index is 12.5. The molecule has 5 nitrogen and oxygen atoms in total. The van der Waals surface area contributed by atoms with E-state index in [0.717, 1.165) is 16.0 Å². The monoisotopic (exact) mass is 394 g/mol. The molecule has 28 heavy (non-hydrogen) atoms. The lowest BCUT2D eigenvalue weighted by Crippen LogP contribution is -2.35. The summed E-state index contributed by atoms with van der Waals surface area (Å²) in [5.41, 5.74) is 2.61. The van der Waals surface area contributed by atoms with Crippen LogP contribution in [-0.2, 0) is 14.3 Å². The van der Waals surface area contributed by atoms with Crippen molar-refractivity contribution in [3.05, 3.63) is 65.7 Å². The van der Waals surface area contributed by atoms with E-state index in [9.17, 15) is 9.59 Å². The molecule has 0 bridgehead atoms. The van der Waals surface area contributed by atoms with Gasteiger partial charge in [-0.3, -0.25) is 4.79 Å². The van der Waals surface area contributed by atoms with Crippen molar-refractivity contribution in [2.75, 3.05) is 24.3 Å². The molecule has 6 heteroatoms. The van der Waals surface area contributed by atoms with Gasteiger partial charge in [-0.15, -0.1) is 11.8 Å². The molecule has 0 aliphatic heterocycles. The Kier molecular flexibility index (Phi) is 8.32. The lowest BCUT2D eigenvalue weighted by molar-refractivity contribution is -0.142. The lowest BCUT2D eigenvalue weighted by Gasteiger charge is -2.21. The highest BCUT2D eigenvalue weighted by atomic mass is 32.2. The predicted octanol–water partition coefficient (Wildman–Crippen LogP) is 4.22. The van der Waals surface area contributed by atoms with Gasteiger partial charge in [-0.2, -0.15) is 5.26 Å². The van der Waals surface area contributed by atoms with Gasteiger partial charge in [0, 0.05) is 23.2 Å². The second kappa shape index (κ2) is 11.0. The molecule has 0 fully saturated rings. The molecule has 0 saturated carbocycles. The highest BCUT2D eigenvalue weighted by Gasteiger charge is 2.16. The maximum absolute atomic E-state index is 12.5. The number of rotatable bonds is 8. The summed E-state index contributed by atoms with van der Waals surface area (Å²) in [5, 5.41) is 8.83. The van der Waals surface area contributed by atoms with Gasteiger partial charge in [-0.25, -0.2) is 4.79 Å². The third-order valence-electron chi connectivity index (χ3n) is 3.96. The minimum absolute atomic E-state index is 0.194. The highest BCUT2D eigenvalue weighted by molar-refractivity contribution is 7.98. The maximum Gasteiger partial charge on any atom is 0.331 e. The number of thioether (sulfide) groups is 1. The van der Waals surface area contributed by atoms with Crippen molar-refractivity contribution >= 4 is 35.4 Å². The van der Waals surface area contributed by atoms with Crippen LogP contribution in [0.5, 0.6) is 0 Å². The molecule has 0 spiro atoms. The van der Waals surface area contributed by atoms with Gasteiger partial charge in [0.15, 0.2) is 6.61 Å². The van der Waals surface area contributed by atoms with E-state index < -0.39 is 5.97 Å². The van der Waals surface area contributed by atoms with Crippen LogP contribution < -0.4 is 4.90 Å². The first kappa shape index (κ1) is 21.3. The zero-order chi connectivity index (χ0) is 20.4. The molecule has 0 aliphatic carbocycles. The molecule has 0 atom stereocenters. The Morgan fingerprint density at radius 3 is 2.43 bits per heavy atom. The van der Waals surface area contributed by atoms with Crippen LogP contribution in [-0.4, -0.2) is 31.3 Å². The molecule has 144 valence electrons. The molecule has 0 N–H and O–H groups in total. The number of hydrogen-bond acceptors (Lipinski definition) is 5. The van der Waals surface area contributed by atoms with Crippen molar-refractivity contribution in [2.24, 2.45) is 0 Å². The number of esters is 1. The molecular weight excluding hydrogens is 372 g/mol. The van der Waals surface area contributed by atoms with Crippen molar-refractivity contribution in [1.82, 2.24) is 0 Å². The van der Waals surface area contributed by atoms with Crippen LogP contribution >= 0.6 is 11.8 Å². The average molecular weight is 394 g/mol. The van der Waals surface area contributed by atoms with Crippen LogP contribution in [0.3, 0.4) is 0 Å². The molecule has 0 heterocycles. The van der Waals surface area contributed by atoms with E-state index >= 15 is 0 Å². The summed E-state index contributed by atoms with van der Waals surface area (Å²) in [5.74, 6) is -0.961. The number of anilines is 1. The molecule has 0 saturated heterocycles. The van der Waals surface area contributed by atoms with Crippen LogP contribution in [0.1, 0.15) is 17.5 Å². The number of nitrogens with zero attached hydrogens (tertiary/aromatic N) is 2. The Labute approximate surface area is 169 Å². The Morgan fingerprint density at radius 2 is 1.82 bits per heavy atom. The summed E-state index contributed by atoms with van der Waals surface area (Å²) >= 11 is 1.64. The van der Waals surface area contributed by atoms with E-state index in [2.05, 4.69) is 0 Å². The number of carbonyl (C=O) groups is 2. The van der Waals surface area contributed by atoms with Crippen LogP contribution in [0.25, 0.3) is 6.08 Å². The topological polar surface area (TPSA) is 70.4 Å². The summed E-state index contributed by atoms with van der Waals surface area (Å²) in [6, 6.07) is 17.2. The molecular formula is C22H22N2O3S. The molecule has 1 amide bonds. The Balaban J connectivity index is 1.94. The van der Waals surface area contributed by atoms with E-state index in [0.29, 0.717) is 5.69 Å². The van der Waals surface area contributed by atoms with Gasteiger partial charge in [0.25, 0.3) is 5.91 Å². The van der Waals surface area contributed by atoms with E-state index in [1.165, 1.54) is 11.0 Å². The summed E-state index contributed by atoms with van der Waals surface area (Å²) in [4.78, 5) is 27.0. The minimum Gasteiger partial charge on any atom is -0.452 e. The summed E-state index contributed by atoms with van der Waals surface area (Å²) in [6.45, 7) is 1.81. The molecule has 0 aliphatic rings. The van der Waals surface area contributed by atoms with Gasteiger partial charge in [0.1, 0.15) is 0 Å². The summed E-state index contributed by atoms with van der Waals surface area (Å²) in [7, 11) is 0. The first-order chi connectivity index (χ1) is 13.5. The largest absolute Gasteiger partial charge is 0.452 e. The zero-order valence-electron chi connectivity index (χ0n) is 15.9. The number of hydrogen-bond donors (Lipinski definition) is 0. The standard InChI is InChI=1S/C22H22N2O3S/c1-17-4-9-19(10-5-17)24(15-3-14-23)21(25)16-27-22(26)13-8-18-6-11-20(28-2)12-7-18/h4-13H,3,15-16H2,1-2H3/b13-8+. The number of nitriles is 1. The average Bonchev–Trinajstić information content (AvgIpc) is 2.72. The van der Waals surface area contributed by atoms with E-state index in [1.807, 2.05) is 67.8 Å². The first-order valence-corrected chi connectivity index (χ1v) is 9.99. The van der Waals surface area contributed by atoms with E-state index in [1.54, 1.807) is 17.8 Å². The second-order valence-electron chi connectivity index (χ2n) is 6.00. The van der Waals surface area contributed by atoms with E-state index in [4.69, 9.17) is 10.00 Å². The van der Waals surface area contributed by atoms with Crippen molar-refractivity contribution in [2.45, 2.75) is 18.2 Å². The molecule has 2 rings (SSSR count). The Morgan fingerprint density at radius 1 is 1.14 bits per heavy atom. The van der Waals surface area contributed by atoms with Gasteiger partial charge in [0.05, 0.1) is 12.5 Å². The smallest absolute Gasteiger partial charge is 0.331 e. The number of ether oxygens (including phenoxy) is 1. The van der Waals surface area contributed by atoms with Crippen LogP contribution in [0, 0.1) is 18.3 Å². The molecule has 0 radical (unpaired) electrons. The zero-order valence-corrected chi connectivity index (χ0v) is 16.7. The van der Waals surface area contributed by atoms with Gasteiger partial charge in [-0.1, -0.05) is 29.8 Å². The fraction of sp³-hybridized carbons (Fsp3) is 0.227. The van der Waals surface area contributed by atoms with Crippen molar-refractivity contribution in [3.8, 4) is 6.07 Å². The second-order valence-corrected chi connectivity index (χ2v) is 6.88. The normalized spacial score (nSPS) is 10.5. The molecule has 2 aromatic rings. The highest BCUT2D eigenvalue weighted by Crippen LogP contribution is 2.17. The SMILES string of the molecule is CSc1ccc(/C=C/C(=O)OCC(=O)N(CCC#N)c2ccc(C)cc2)cc1. The van der Waals surface area contributed by atoms with Crippen molar-refractivity contribution in [3.63, 3.8) is 0 Å². The fourth-order valence-electron chi connectivity index (χ4n) is 2.42. The number of amides is 1. The van der Waals surface area contributed by atoms with Crippen LogP contribution in [0.4, 0.5) is 5.69 Å². The summed E-state index contributed by atoms with van der Waals surface area (Å²) in [6.07, 6.45) is 5.13. The minimum atomic E-state index is -0.591. The van der Waals surface area contributed by atoms with Gasteiger partial charge < -0.3 is 9.64 Å². The third kappa shape index (κ3) is 6.60. The molecule has 0 aromatic heterocycles. The molecule has 0 unspecified atom stereocenters. The van der Waals surface area contributed by atoms with E-state index in [-0.39, 0.29) is 25.5 Å². The quantitative estimate of drug-likeness (QED) is 0.381. The van der Waals surface area contributed by atoms with Crippen molar-refractivity contribution in [1.29, 1.82) is 5.26 Å². The van der Waals surface area contributed by atoms with Gasteiger partial charge >= 0.3 is 5.97 Å². The lowest BCUT2D eigenvalue weighted by atomic mass is 10.2. The number of benzene rings is 2. The fourth-order valence-corrected chi connectivity index (χ4v) is 2.83. The summed E-state index contributed by atoms with van der Waals surface area (Å²) < 4.78 is 5.07. The molecule has 2 aromatic carbocycles. The Hall–Kier alpha value is -3.04. The van der Waals surface area contributed by atoms with Gasteiger partial charge in [0.2, 0.25) is 0 Å². The van der Waals surface area contributed by atoms with Crippen molar-refractivity contribution < 1.29 is 14.3 Å². The third-order valence-corrected chi connectivity index (χ3v) is 4.70.